The van der Waals surface area contributed by atoms with Gasteiger partial charge >= 0.3 is 12.2 Å². The highest BCUT2D eigenvalue weighted by Crippen LogP contribution is 2.36. The van der Waals surface area contributed by atoms with Gasteiger partial charge in [0.1, 0.15) is 11.4 Å². The summed E-state index contributed by atoms with van der Waals surface area (Å²) in [5.41, 5.74) is 3.31. The molecule has 0 bridgehead atoms. The summed E-state index contributed by atoms with van der Waals surface area (Å²) in [6, 6.07) is 3.24. The SMILES string of the molecule is CCOC(=O)NN(C(=O)OCC)c1ccc(OC)c(C)c1OC. The summed E-state index contributed by atoms with van der Waals surface area (Å²) in [4.78, 5) is 23.9. The fraction of sp³-hybridized carbons (Fsp3) is 0.467. The molecule has 1 N–H and O–H groups in total. The number of amides is 2. The minimum atomic E-state index is -0.781. The zero-order chi connectivity index (χ0) is 17.4. The van der Waals surface area contributed by atoms with Crippen LogP contribution in [0.25, 0.3) is 0 Å². The van der Waals surface area contributed by atoms with Crippen molar-refractivity contribution in [3.63, 3.8) is 0 Å². The maximum atomic E-state index is 12.2. The van der Waals surface area contributed by atoms with Gasteiger partial charge in [-0.3, -0.25) is 0 Å². The van der Waals surface area contributed by atoms with E-state index in [0.717, 1.165) is 5.01 Å². The Balaban J connectivity index is 3.27. The minimum Gasteiger partial charge on any atom is -0.496 e. The lowest BCUT2D eigenvalue weighted by Gasteiger charge is -2.25. The molecule has 2 amide bonds. The maximum absolute atomic E-state index is 12.2. The van der Waals surface area contributed by atoms with Crippen molar-refractivity contribution in [3.8, 4) is 11.5 Å². The van der Waals surface area contributed by atoms with Crippen molar-refractivity contribution >= 4 is 17.9 Å². The van der Waals surface area contributed by atoms with E-state index in [1.807, 2.05) is 0 Å². The number of carbonyl (C=O) groups excluding carboxylic acids is 2. The molecular weight excluding hydrogens is 304 g/mol. The van der Waals surface area contributed by atoms with Crippen LogP contribution in [-0.4, -0.2) is 39.6 Å². The van der Waals surface area contributed by atoms with Gasteiger partial charge in [0, 0.05) is 5.56 Å². The van der Waals surface area contributed by atoms with E-state index in [1.165, 1.54) is 14.2 Å². The van der Waals surface area contributed by atoms with Crippen LogP contribution >= 0.6 is 0 Å². The van der Waals surface area contributed by atoms with E-state index in [0.29, 0.717) is 22.7 Å². The maximum Gasteiger partial charge on any atom is 0.433 e. The molecule has 0 spiro atoms. The van der Waals surface area contributed by atoms with Crippen LogP contribution in [0.1, 0.15) is 19.4 Å². The zero-order valence-electron chi connectivity index (χ0n) is 14.0. The Morgan fingerprint density at radius 1 is 1.09 bits per heavy atom. The van der Waals surface area contributed by atoms with Gasteiger partial charge in [0.2, 0.25) is 0 Å². The standard InChI is InChI=1S/C15H22N2O6/c1-6-22-14(18)16-17(15(19)23-7-2)11-8-9-12(20-4)10(3)13(11)21-5/h8-9H,6-7H2,1-5H3,(H,16,18). The van der Waals surface area contributed by atoms with Crippen LogP contribution in [-0.2, 0) is 9.47 Å². The molecule has 1 aromatic rings. The molecule has 0 aliphatic heterocycles. The molecule has 0 aromatic heterocycles. The molecule has 0 heterocycles. The number of rotatable bonds is 5. The van der Waals surface area contributed by atoms with Gasteiger partial charge in [-0.05, 0) is 32.9 Å². The largest absolute Gasteiger partial charge is 0.496 e. The van der Waals surface area contributed by atoms with Crippen molar-refractivity contribution in [1.29, 1.82) is 0 Å². The number of hydrazine groups is 1. The Labute approximate surface area is 135 Å². The van der Waals surface area contributed by atoms with Gasteiger partial charge < -0.3 is 18.9 Å². The molecule has 23 heavy (non-hydrogen) atoms. The first kappa shape index (κ1) is 18.4. The van der Waals surface area contributed by atoms with Gasteiger partial charge in [-0.15, -0.1) is 0 Å². The van der Waals surface area contributed by atoms with Gasteiger partial charge in [0.15, 0.2) is 5.75 Å². The predicted octanol–water partition coefficient (Wildman–Crippen LogP) is 2.64. The molecule has 0 fully saturated rings. The second kappa shape index (κ2) is 8.72. The Hall–Kier alpha value is -2.64. The lowest BCUT2D eigenvalue weighted by atomic mass is 10.1. The third-order valence-corrected chi connectivity index (χ3v) is 2.93. The van der Waals surface area contributed by atoms with Crippen LogP contribution in [0.4, 0.5) is 15.3 Å². The summed E-state index contributed by atoms with van der Waals surface area (Å²) in [6.07, 6.45) is -1.54. The van der Waals surface area contributed by atoms with E-state index in [2.05, 4.69) is 5.43 Å². The zero-order valence-corrected chi connectivity index (χ0v) is 14.0. The molecule has 0 radical (unpaired) electrons. The molecule has 0 saturated heterocycles. The van der Waals surface area contributed by atoms with Crippen molar-refractivity contribution in [2.24, 2.45) is 0 Å². The molecule has 0 atom stereocenters. The third-order valence-electron chi connectivity index (χ3n) is 2.93. The van der Waals surface area contributed by atoms with E-state index in [-0.39, 0.29) is 13.2 Å². The van der Waals surface area contributed by atoms with Crippen molar-refractivity contribution in [3.05, 3.63) is 17.7 Å². The van der Waals surface area contributed by atoms with Gasteiger partial charge in [0.25, 0.3) is 0 Å². The van der Waals surface area contributed by atoms with Crippen LogP contribution in [0, 0.1) is 6.92 Å². The van der Waals surface area contributed by atoms with Gasteiger partial charge in [0.05, 0.1) is 27.4 Å². The number of methoxy groups -OCH3 is 2. The Bertz CT molecular complexity index is 561. The number of nitrogens with one attached hydrogen (secondary N) is 1. The van der Waals surface area contributed by atoms with Crippen molar-refractivity contribution in [2.75, 3.05) is 32.4 Å². The molecule has 8 heteroatoms. The third kappa shape index (κ3) is 4.41. The van der Waals surface area contributed by atoms with E-state index in [1.54, 1.807) is 32.9 Å². The summed E-state index contributed by atoms with van der Waals surface area (Å²) < 4.78 is 20.3. The topological polar surface area (TPSA) is 86.3 Å². The predicted molar refractivity (Wildman–Crippen MR) is 83.9 cm³/mol. The lowest BCUT2D eigenvalue weighted by Crippen LogP contribution is -2.47. The number of benzene rings is 1. The highest BCUT2D eigenvalue weighted by molar-refractivity contribution is 5.92. The number of hydrogen-bond acceptors (Lipinski definition) is 6. The van der Waals surface area contributed by atoms with Gasteiger partial charge in [-0.1, -0.05) is 0 Å². The van der Waals surface area contributed by atoms with E-state index >= 15 is 0 Å². The lowest BCUT2D eigenvalue weighted by molar-refractivity contribution is 0.138. The van der Waals surface area contributed by atoms with Crippen molar-refractivity contribution in [2.45, 2.75) is 20.8 Å². The average Bonchev–Trinajstić information content (AvgIpc) is 2.52. The fourth-order valence-corrected chi connectivity index (χ4v) is 1.96. The summed E-state index contributed by atoms with van der Waals surface area (Å²) in [5, 5.41) is 0.937. The number of hydrogen-bond donors (Lipinski definition) is 1. The average molecular weight is 326 g/mol. The summed E-state index contributed by atoms with van der Waals surface area (Å²) in [5.74, 6) is 0.958. The molecule has 8 nitrogen and oxygen atoms in total. The van der Waals surface area contributed by atoms with Crippen molar-refractivity contribution in [1.82, 2.24) is 5.43 Å². The fourth-order valence-electron chi connectivity index (χ4n) is 1.96. The number of anilines is 1. The van der Waals surface area contributed by atoms with Crippen LogP contribution in [0.2, 0.25) is 0 Å². The van der Waals surface area contributed by atoms with Crippen LogP contribution < -0.4 is 19.9 Å². The van der Waals surface area contributed by atoms with Crippen LogP contribution in [0.5, 0.6) is 11.5 Å². The van der Waals surface area contributed by atoms with E-state index in [9.17, 15) is 9.59 Å². The first-order chi connectivity index (χ1) is 11.0. The Morgan fingerprint density at radius 2 is 1.74 bits per heavy atom. The monoisotopic (exact) mass is 326 g/mol. The molecule has 0 aliphatic rings. The van der Waals surface area contributed by atoms with Gasteiger partial charge in [-0.25, -0.2) is 15.0 Å². The Kier molecular flexibility index (Phi) is 6.98. The highest BCUT2D eigenvalue weighted by atomic mass is 16.6. The smallest absolute Gasteiger partial charge is 0.433 e. The quantitative estimate of drug-likeness (QED) is 0.837. The second-order valence-corrected chi connectivity index (χ2v) is 4.31. The molecular formula is C15H22N2O6. The second-order valence-electron chi connectivity index (χ2n) is 4.31. The first-order valence-electron chi connectivity index (χ1n) is 7.11. The first-order valence-corrected chi connectivity index (χ1v) is 7.11. The van der Waals surface area contributed by atoms with E-state index < -0.39 is 12.2 Å². The Morgan fingerprint density at radius 3 is 2.26 bits per heavy atom. The molecule has 1 aromatic carbocycles. The molecule has 128 valence electrons. The summed E-state index contributed by atoms with van der Waals surface area (Å²) in [7, 11) is 2.99. The van der Waals surface area contributed by atoms with E-state index in [4.69, 9.17) is 18.9 Å². The normalized spacial score (nSPS) is 9.78. The van der Waals surface area contributed by atoms with Crippen molar-refractivity contribution < 1.29 is 28.5 Å². The summed E-state index contributed by atoms with van der Waals surface area (Å²) >= 11 is 0. The minimum absolute atomic E-state index is 0.150. The number of nitrogens with zero attached hydrogens (tertiary/aromatic N) is 1. The number of carbonyl (C=O) groups is 2. The molecule has 0 unspecified atom stereocenters. The highest BCUT2D eigenvalue weighted by Gasteiger charge is 2.25. The molecule has 0 saturated carbocycles. The number of ether oxygens (including phenoxy) is 4. The van der Waals surface area contributed by atoms with Crippen LogP contribution in [0.3, 0.4) is 0 Å². The van der Waals surface area contributed by atoms with Gasteiger partial charge in [-0.2, -0.15) is 5.01 Å². The summed E-state index contributed by atoms with van der Waals surface area (Å²) in [6.45, 7) is 5.41. The van der Waals surface area contributed by atoms with Crippen LogP contribution in [0.15, 0.2) is 12.1 Å². The molecule has 0 aliphatic carbocycles. The molecule has 1 rings (SSSR count).